The summed E-state index contributed by atoms with van der Waals surface area (Å²) >= 11 is 1.72. The van der Waals surface area contributed by atoms with Gasteiger partial charge in [0.05, 0.1) is 11.7 Å². The lowest BCUT2D eigenvalue weighted by atomic mass is 9.98. The average molecular weight is 522 g/mol. The third-order valence-electron chi connectivity index (χ3n) is 6.14. The molecule has 0 fully saturated rings. The maximum Gasteiger partial charge on any atom is 0.111 e. The van der Waals surface area contributed by atoms with E-state index in [-0.39, 0.29) is 0 Å². The molecule has 0 bridgehead atoms. The predicted molar refractivity (Wildman–Crippen MR) is 166 cm³/mol. The third-order valence-corrected chi connectivity index (χ3v) is 7.42. The van der Waals surface area contributed by atoms with E-state index in [0.717, 1.165) is 55.4 Å². The summed E-state index contributed by atoms with van der Waals surface area (Å²) in [6, 6.07) is 10.7. The minimum Gasteiger partial charge on any atom is -0.388 e. The first kappa shape index (κ1) is 28.2. The van der Waals surface area contributed by atoms with Gasteiger partial charge in [0.15, 0.2) is 0 Å². The van der Waals surface area contributed by atoms with Crippen molar-refractivity contribution in [2.75, 3.05) is 26.5 Å². The maximum atomic E-state index is 5.01. The molecule has 3 heterocycles. The number of H-pyrrole nitrogens is 1. The van der Waals surface area contributed by atoms with Gasteiger partial charge in [-0.3, -0.25) is 4.98 Å². The molecule has 0 radical (unpaired) electrons. The Morgan fingerprint density at radius 1 is 1.18 bits per heavy atom. The molecule has 0 atom stereocenters. The van der Waals surface area contributed by atoms with Crippen molar-refractivity contribution in [2.24, 2.45) is 0 Å². The van der Waals surface area contributed by atoms with Gasteiger partial charge >= 0.3 is 0 Å². The van der Waals surface area contributed by atoms with Gasteiger partial charge in [0.2, 0.25) is 0 Å². The minimum absolute atomic E-state index is 0.669. The number of hydrogen-bond donors (Lipinski definition) is 2. The van der Waals surface area contributed by atoms with Crippen molar-refractivity contribution in [1.82, 2.24) is 19.9 Å². The molecule has 6 heteroatoms. The molecule has 4 aromatic rings. The number of aromatic nitrogens is 3. The van der Waals surface area contributed by atoms with Gasteiger partial charge < -0.3 is 15.2 Å². The molecule has 0 saturated heterocycles. The van der Waals surface area contributed by atoms with Gasteiger partial charge in [-0.2, -0.15) is 0 Å². The second-order valence-corrected chi connectivity index (χ2v) is 10.0. The van der Waals surface area contributed by atoms with Crippen LogP contribution in [0.1, 0.15) is 35.7 Å². The van der Waals surface area contributed by atoms with E-state index in [1.165, 1.54) is 10.4 Å². The first-order valence-corrected chi connectivity index (χ1v) is 13.1. The van der Waals surface area contributed by atoms with E-state index >= 15 is 0 Å². The Morgan fingerprint density at radius 3 is 2.55 bits per heavy atom. The Morgan fingerprint density at radius 2 is 1.95 bits per heavy atom. The highest BCUT2D eigenvalue weighted by Gasteiger charge is 2.14. The molecule has 3 aromatic heterocycles. The zero-order valence-electron chi connectivity index (χ0n) is 22.8. The second-order valence-electron chi connectivity index (χ2n) is 8.92. The molecule has 0 aliphatic heterocycles. The van der Waals surface area contributed by atoms with Gasteiger partial charge in [0.1, 0.15) is 11.3 Å². The Labute approximate surface area is 230 Å². The van der Waals surface area contributed by atoms with Crippen LogP contribution < -0.4 is 5.32 Å². The Bertz CT molecular complexity index is 1530. The number of terminal acetylenes is 1. The summed E-state index contributed by atoms with van der Waals surface area (Å²) < 4.78 is 0. The lowest BCUT2D eigenvalue weighted by molar-refractivity contribution is 0.530. The van der Waals surface area contributed by atoms with Gasteiger partial charge in [-0.1, -0.05) is 25.3 Å². The summed E-state index contributed by atoms with van der Waals surface area (Å²) in [6.07, 6.45) is 18.6. The molecular formula is C32H35N5S. The van der Waals surface area contributed by atoms with Crippen LogP contribution in [-0.4, -0.2) is 41.0 Å². The fraction of sp³-hybridized carbons (Fsp3) is 0.188. The Hall–Kier alpha value is -4.34. The molecule has 38 heavy (non-hydrogen) atoms. The smallest absolute Gasteiger partial charge is 0.111 e. The Kier molecular flexibility index (Phi) is 9.48. The molecule has 0 aliphatic rings. The van der Waals surface area contributed by atoms with Crippen molar-refractivity contribution < 1.29 is 0 Å². The second kappa shape index (κ2) is 12.8. The van der Waals surface area contributed by atoms with E-state index < -0.39 is 0 Å². The molecule has 2 N–H and O–H groups in total. The summed E-state index contributed by atoms with van der Waals surface area (Å²) in [4.78, 5) is 17.4. The number of aromatic amines is 1. The summed E-state index contributed by atoms with van der Waals surface area (Å²) in [5, 5.41) is 3.33. The van der Waals surface area contributed by atoms with Crippen molar-refractivity contribution >= 4 is 39.2 Å². The summed E-state index contributed by atoms with van der Waals surface area (Å²) in [5.41, 5.74) is 9.58. The number of rotatable bonds is 9. The number of nitrogens with one attached hydrogen (secondary N) is 2. The van der Waals surface area contributed by atoms with Gasteiger partial charge in [0, 0.05) is 60.5 Å². The molecule has 0 amide bonds. The fourth-order valence-corrected chi connectivity index (χ4v) is 5.11. The summed E-state index contributed by atoms with van der Waals surface area (Å²) in [6.45, 7) is 12.1. The van der Waals surface area contributed by atoms with E-state index in [1.54, 1.807) is 11.3 Å². The van der Waals surface area contributed by atoms with Crippen LogP contribution >= 0.6 is 11.3 Å². The quantitative estimate of drug-likeness (QED) is 0.176. The highest BCUT2D eigenvalue weighted by atomic mass is 32.1. The highest BCUT2D eigenvalue weighted by molar-refractivity contribution is 7.16. The third kappa shape index (κ3) is 6.13. The van der Waals surface area contributed by atoms with Gasteiger partial charge in [0.25, 0.3) is 0 Å². The fourth-order valence-electron chi connectivity index (χ4n) is 4.17. The molecule has 0 unspecified atom stereocenters. The maximum absolute atomic E-state index is 5.01. The van der Waals surface area contributed by atoms with Crippen LogP contribution in [-0.2, 0) is 6.42 Å². The molecule has 5 nitrogen and oxygen atoms in total. The Balaban J connectivity index is 0.00000195. The van der Waals surface area contributed by atoms with E-state index in [1.807, 2.05) is 46.5 Å². The number of benzene rings is 1. The van der Waals surface area contributed by atoms with Gasteiger partial charge in [-0.05, 0) is 72.5 Å². The average Bonchev–Trinajstić information content (AvgIpc) is 3.57. The van der Waals surface area contributed by atoms with E-state index in [4.69, 9.17) is 4.98 Å². The predicted octanol–water partition coefficient (Wildman–Crippen LogP) is 7.64. The van der Waals surface area contributed by atoms with Gasteiger partial charge in [-0.25, -0.2) is 4.98 Å². The lowest BCUT2D eigenvalue weighted by Gasteiger charge is -2.16. The van der Waals surface area contributed by atoms with Crippen LogP contribution in [0.4, 0.5) is 5.69 Å². The zero-order chi connectivity index (χ0) is 27.8. The van der Waals surface area contributed by atoms with Crippen LogP contribution in [0.15, 0.2) is 79.8 Å². The van der Waals surface area contributed by atoms with E-state index in [0.29, 0.717) is 6.42 Å². The summed E-state index contributed by atoms with van der Waals surface area (Å²) in [5.74, 6) is 0.905. The van der Waals surface area contributed by atoms with Crippen molar-refractivity contribution in [3.05, 3.63) is 102 Å². The van der Waals surface area contributed by atoms with Crippen LogP contribution in [0.25, 0.3) is 32.6 Å². The number of hydrogen-bond acceptors (Lipinski definition) is 5. The molecule has 1 aromatic carbocycles. The zero-order valence-corrected chi connectivity index (χ0v) is 23.6. The molecule has 0 saturated carbocycles. The van der Waals surface area contributed by atoms with Crippen molar-refractivity contribution in [1.29, 1.82) is 0 Å². The minimum atomic E-state index is 0.669. The monoisotopic (exact) mass is 521 g/mol. The number of imidazole rings is 1. The van der Waals surface area contributed by atoms with Crippen LogP contribution in [0.5, 0.6) is 0 Å². The molecule has 194 valence electrons. The number of nitrogens with zero attached hydrogens (tertiary/aromatic N) is 3. The molecule has 0 spiro atoms. The van der Waals surface area contributed by atoms with Crippen LogP contribution in [0, 0.1) is 12.8 Å². The standard InChI is InChI=1S/C30H33N5S.C2H2/c1-8-20(15-23(9-2)35(6)7)21-10-11-25(31-5)22(14-21)16-29-33-26-18-32-17-24(30(26)34-29)28-13-12-27(36-28)19(3)4;1-2/h8-15,17-18,31H,2-3,16H2,1,4-7H3,(H,33,34);1-2H/b20-8+,23-15+;. The highest BCUT2D eigenvalue weighted by Crippen LogP contribution is 2.35. The van der Waals surface area contributed by atoms with E-state index in [9.17, 15) is 0 Å². The van der Waals surface area contributed by atoms with Crippen molar-refractivity contribution in [2.45, 2.75) is 20.3 Å². The number of likely N-dealkylation sites (N-methyl/N-ethyl adjacent to an activating group) is 1. The van der Waals surface area contributed by atoms with Crippen LogP contribution in [0.3, 0.4) is 0 Å². The van der Waals surface area contributed by atoms with Gasteiger partial charge in [-0.15, -0.1) is 24.2 Å². The van der Waals surface area contributed by atoms with Crippen LogP contribution in [0.2, 0.25) is 0 Å². The normalized spacial score (nSPS) is 11.6. The number of anilines is 1. The largest absolute Gasteiger partial charge is 0.388 e. The van der Waals surface area contributed by atoms with Crippen molar-refractivity contribution in [3.8, 4) is 23.3 Å². The first-order chi connectivity index (χ1) is 18.3. The number of thiophene rings is 1. The molecule has 0 aliphatic carbocycles. The summed E-state index contributed by atoms with van der Waals surface area (Å²) in [7, 11) is 6.00. The lowest BCUT2D eigenvalue weighted by Crippen LogP contribution is -2.09. The molecular weight excluding hydrogens is 486 g/mol. The number of fused-ring (bicyclic) bond motifs is 1. The van der Waals surface area contributed by atoms with Crippen molar-refractivity contribution in [3.63, 3.8) is 0 Å². The first-order valence-electron chi connectivity index (χ1n) is 12.3. The SMILES string of the molecule is C#C.C=C/C(=C\C(=C/C)c1ccc(NC)c(Cc2nc3c(-c4ccc(C(=C)C)s4)cncc3[nH]2)c1)N(C)C. The topological polar surface area (TPSA) is 56.8 Å². The number of allylic oxidation sites excluding steroid dienone is 5. The number of pyridine rings is 1. The van der Waals surface area contributed by atoms with E-state index in [2.05, 4.69) is 95.6 Å². The molecule has 4 rings (SSSR count).